The van der Waals surface area contributed by atoms with Crippen LogP contribution in [0.1, 0.15) is 27.6 Å². The molecule has 8 heteroatoms. The molecule has 0 aromatic heterocycles. The van der Waals surface area contributed by atoms with Gasteiger partial charge in [-0.25, -0.2) is 4.79 Å². The van der Waals surface area contributed by atoms with Gasteiger partial charge in [0.05, 0.1) is 5.56 Å². The summed E-state index contributed by atoms with van der Waals surface area (Å²) in [6, 6.07) is 10.8. The number of nitro groups is 1. The fourth-order valence-corrected chi connectivity index (χ4v) is 2.78. The number of carbonyl (C=O) groups excluding carboxylic acids is 3. The van der Waals surface area contributed by atoms with E-state index in [-0.39, 0.29) is 11.1 Å². The second kappa shape index (κ2) is 6.75. The first-order valence-electron chi connectivity index (χ1n) is 7.74. The molecule has 2 aromatic carbocycles. The Morgan fingerprint density at radius 3 is 2.50 bits per heavy atom. The van der Waals surface area contributed by atoms with Crippen molar-refractivity contribution in [1.82, 2.24) is 0 Å². The molecule has 2 atom stereocenters. The standard InChI is InChI=1S/C18H14N2O6/c1-10-6-2-5-9-13(10)19-17(22)15(21)14(20(24)25)16-11-7-3-4-8-12(11)18(23)26-16/h2-9,14,16H,1H3,(H,19,22)/t14-,16+/m0/s1. The lowest BCUT2D eigenvalue weighted by Crippen LogP contribution is -2.42. The number of anilines is 1. The molecule has 0 saturated carbocycles. The number of fused-ring (bicyclic) bond motifs is 1. The first-order chi connectivity index (χ1) is 12.4. The van der Waals surface area contributed by atoms with E-state index in [2.05, 4.69) is 5.32 Å². The molecule has 0 fully saturated rings. The summed E-state index contributed by atoms with van der Waals surface area (Å²) in [6.45, 7) is 1.72. The van der Waals surface area contributed by atoms with Gasteiger partial charge in [-0.3, -0.25) is 19.7 Å². The third-order valence-electron chi connectivity index (χ3n) is 4.12. The molecular weight excluding hydrogens is 340 g/mol. The summed E-state index contributed by atoms with van der Waals surface area (Å²) in [5.74, 6) is -3.18. The molecule has 3 rings (SSSR count). The molecule has 2 aromatic rings. The van der Waals surface area contributed by atoms with Crippen LogP contribution in [0.5, 0.6) is 0 Å². The van der Waals surface area contributed by atoms with Gasteiger partial charge in [-0.05, 0) is 24.6 Å². The maximum absolute atomic E-state index is 12.5. The average Bonchev–Trinajstić information content (AvgIpc) is 2.94. The topological polar surface area (TPSA) is 116 Å². The van der Waals surface area contributed by atoms with Crippen molar-refractivity contribution in [3.05, 3.63) is 75.3 Å². The van der Waals surface area contributed by atoms with Gasteiger partial charge in [-0.15, -0.1) is 0 Å². The molecule has 0 unspecified atom stereocenters. The van der Waals surface area contributed by atoms with E-state index < -0.39 is 34.7 Å². The number of hydrogen-bond acceptors (Lipinski definition) is 6. The normalized spacial score (nSPS) is 16.3. The molecule has 0 spiro atoms. The second-order valence-corrected chi connectivity index (χ2v) is 5.78. The number of nitrogens with one attached hydrogen (secondary N) is 1. The highest BCUT2D eigenvalue weighted by molar-refractivity contribution is 6.42. The van der Waals surface area contributed by atoms with E-state index in [4.69, 9.17) is 4.74 Å². The monoisotopic (exact) mass is 354 g/mol. The molecule has 1 heterocycles. The molecule has 1 N–H and O–H groups in total. The van der Waals surface area contributed by atoms with Gasteiger partial charge in [-0.1, -0.05) is 36.4 Å². The number of rotatable bonds is 5. The lowest BCUT2D eigenvalue weighted by Gasteiger charge is -2.15. The number of carbonyl (C=O) groups is 3. The molecule has 8 nitrogen and oxygen atoms in total. The number of amides is 1. The van der Waals surface area contributed by atoms with E-state index in [0.717, 1.165) is 0 Å². The van der Waals surface area contributed by atoms with E-state index in [0.29, 0.717) is 11.3 Å². The zero-order chi connectivity index (χ0) is 18.8. The molecular formula is C18H14N2O6. The molecule has 0 aliphatic carbocycles. The van der Waals surface area contributed by atoms with Crippen LogP contribution in [0.3, 0.4) is 0 Å². The summed E-state index contributed by atoms with van der Waals surface area (Å²) < 4.78 is 5.02. The minimum absolute atomic E-state index is 0.150. The first kappa shape index (κ1) is 17.3. The van der Waals surface area contributed by atoms with Gasteiger partial charge in [0.1, 0.15) is 0 Å². The van der Waals surface area contributed by atoms with Crippen molar-refractivity contribution in [3.8, 4) is 0 Å². The molecule has 0 saturated heterocycles. The maximum Gasteiger partial charge on any atom is 0.339 e. The Bertz CT molecular complexity index is 923. The Balaban J connectivity index is 1.88. The summed E-state index contributed by atoms with van der Waals surface area (Å²) in [6.07, 6.45) is -1.44. The quantitative estimate of drug-likeness (QED) is 0.380. The highest BCUT2D eigenvalue weighted by Gasteiger charge is 2.49. The molecule has 26 heavy (non-hydrogen) atoms. The summed E-state index contributed by atoms with van der Waals surface area (Å²) >= 11 is 0. The number of nitrogens with zero attached hydrogens (tertiary/aromatic N) is 1. The first-order valence-corrected chi connectivity index (χ1v) is 7.74. The number of Topliss-reactive ketones (excluding diaryl/α,β-unsaturated/α-hetero) is 1. The number of ether oxygens (including phenoxy) is 1. The zero-order valence-corrected chi connectivity index (χ0v) is 13.7. The second-order valence-electron chi connectivity index (χ2n) is 5.78. The largest absolute Gasteiger partial charge is 0.446 e. The van der Waals surface area contributed by atoms with E-state index in [9.17, 15) is 24.5 Å². The SMILES string of the molecule is Cc1ccccc1NC(=O)C(=O)[C@@H]([C@@H]1OC(=O)c2ccccc21)[N+](=O)[O-]. The third kappa shape index (κ3) is 3.04. The van der Waals surface area contributed by atoms with E-state index in [1.807, 2.05) is 0 Å². The van der Waals surface area contributed by atoms with Crippen LogP contribution < -0.4 is 5.32 Å². The fraction of sp³-hybridized carbons (Fsp3) is 0.167. The lowest BCUT2D eigenvalue weighted by molar-refractivity contribution is -0.518. The van der Waals surface area contributed by atoms with E-state index in [1.165, 1.54) is 12.1 Å². The van der Waals surface area contributed by atoms with Gasteiger partial charge in [-0.2, -0.15) is 0 Å². The van der Waals surface area contributed by atoms with Crippen molar-refractivity contribution < 1.29 is 24.0 Å². The lowest BCUT2D eigenvalue weighted by atomic mass is 9.97. The van der Waals surface area contributed by atoms with Crippen LogP contribution >= 0.6 is 0 Å². The number of aryl methyl sites for hydroxylation is 1. The highest BCUT2D eigenvalue weighted by Crippen LogP contribution is 2.34. The Morgan fingerprint density at radius 2 is 1.81 bits per heavy atom. The number of cyclic esters (lactones) is 1. The molecule has 0 radical (unpaired) electrons. The Kier molecular flexibility index (Phi) is 4.49. The summed E-state index contributed by atoms with van der Waals surface area (Å²) in [4.78, 5) is 47.2. The predicted octanol–water partition coefficient (Wildman–Crippen LogP) is 2.06. The van der Waals surface area contributed by atoms with Gasteiger partial charge in [0.2, 0.25) is 6.10 Å². The number of benzene rings is 2. The Labute approximate surface area is 147 Å². The van der Waals surface area contributed by atoms with Crippen LogP contribution in [0.15, 0.2) is 48.5 Å². The van der Waals surface area contributed by atoms with Crippen LogP contribution in [0, 0.1) is 17.0 Å². The summed E-state index contributed by atoms with van der Waals surface area (Å²) in [5, 5.41) is 13.9. The van der Waals surface area contributed by atoms with Crippen molar-refractivity contribution in [2.45, 2.75) is 19.1 Å². The van der Waals surface area contributed by atoms with Gasteiger partial charge >= 0.3 is 12.0 Å². The van der Waals surface area contributed by atoms with Gasteiger partial charge < -0.3 is 10.1 Å². The van der Waals surface area contributed by atoms with E-state index in [1.54, 1.807) is 43.3 Å². The van der Waals surface area contributed by atoms with Crippen LogP contribution in [0.25, 0.3) is 0 Å². The van der Waals surface area contributed by atoms with Gasteiger partial charge in [0.25, 0.3) is 11.7 Å². The number of esters is 1. The third-order valence-corrected chi connectivity index (χ3v) is 4.12. The Morgan fingerprint density at radius 1 is 1.15 bits per heavy atom. The van der Waals surface area contributed by atoms with Crippen molar-refractivity contribution >= 4 is 23.3 Å². The number of para-hydroxylation sites is 1. The van der Waals surface area contributed by atoms with Crippen molar-refractivity contribution in [1.29, 1.82) is 0 Å². The summed E-state index contributed by atoms with van der Waals surface area (Å²) in [5.41, 5.74) is 1.44. The van der Waals surface area contributed by atoms with Gasteiger partial charge in [0, 0.05) is 16.2 Å². The van der Waals surface area contributed by atoms with Gasteiger partial charge in [0.15, 0.2) is 0 Å². The smallest absolute Gasteiger partial charge is 0.339 e. The molecule has 132 valence electrons. The van der Waals surface area contributed by atoms with Crippen molar-refractivity contribution in [3.63, 3.8) is 0 Å². The highest BCUT2D eigenvalue weighted by atomic mass is 16.6. The van der Waals surface area contributed by atoms with Crippen molar-refractivity contribution in [2.75, 3.05) is 5.32 Å². The zero-order valence-electron chi connectivity index (χ0n) is 13.7. The van der Waals surface area contributed by atoms with Crippen LogP contribution in [-0.4, -0.2) is 28.6 Å². The molecule has 1 aliphatic rings. The Hall–Kier alpha value is -3.55. The molecule has 0 bridgehead atoms. The minimum Gasteiger partial charge on any atom is -0.446 e. The summed E-state index contributed by atoms with van der Waals surface area (Å²) in [7, 11) is 0. The van der Waals surface area contributed by atoms with Crippen LogP contribution in [0.2, 0.25) is 0 Å². The average molecular weight is 354 g/mol. The minimum atomic E-state index is -2.02. The fourth-order valence-electron chi connectivity index (χ4n) is 2.78. The van der Waals surface area contributed by atoms with E-state index >= 15 is 0 Å². The van der Waals surface area contributed by atoms with Crippen molar-refractivity contribution in [2.24, 2.45) is 0 Å². The molecule has 1 amide bonds. The van der Waals surface area contributed by atoms with Crippen LogP contribution in [-0.2, 0) is 14.3 Å². The number of ketones is 1. The number of hydrogen-bond donors (Lipinski definition) is 1. The van der Waals surface area contributed by atoms with Crippen LogP contribution in [0.4, 0.5) is 5.69 Å². The predicted molar refractivity (Wildman–Crippen MR) is 90.2 cm³/mol. The molecule has 1 aliphatic heterocycles. The maximum atomic E-state index is 12.5.